The summed E-state index contributed by atoms with van der Waals surface area (Å²) >= 11 is 0. The van der Waals surface area contributed by atoms with Crippen molar-refractivity contribution in [3.05, 3.63) is 23.8 Å². The number of aliphatic imine (C=N–C) groups is 1. The molecule has 22 heavy (non-hydrogen) atoms. The van der Waals surface area contributed by atoms with E-state index in [2.05, 4.69) is 15.6 Å². The number of methoxy groups -OCH3 is 2. The Morgan fingerprint density at radius 3 is 2.68 bits per heavy atom. The minimum absolute atomic E-state index is 0. The second kappa shape index (κ2) is 12.3. The van der Waals surface area contributed by atoms with E-state index in [9.17, 15) is 5.11 Å². The summed E-state index contributed by atoms with van der Waals surface area (Å²) in [6, 6.07) is 5.38. The lowest BCUT2D eigenvalue weighted by Crippen LogP contribution is -2.38. The lowest BCUT2D eigenvalue weighted by Gasteiger charge is -2.12. The van der Waals surface area contributed by atoms with Crippen molar-refractivity contribution in [2.45, 2.75) is 19.9 Å². The quantitative estimate of drug-likeness (QED) is 0.259. The van der Waals surface area contributed by atoms with Crippen molar-refractivity contribution in [2.24, 2.45) is 4.99 Å². The van der Waals surface area contributed by atoms with E-state index in [4.69, 9.17) is 9.47 Å². The van der Waals surface area contributed by atoms with E-state index in [0.29, 0.717) is 18.9 Å². The zero-order valence-corrected chi connectivity index (χ0v) is 15.7. The van der Waals surface area contributed by atoms with Crippen LogP contribution in [0.15, 0.2) is 23.2 Å². The van der Waals surface area contributed by atoms with Crippen LogP contribution in [0.3, 0.4) is 0 Å². The third-order valence-electron chi connectivity index (χ3n) is 2.87. The van der Waals surface area contributed by atoms with Gasteiger partial charge in [0.25, 0.3) is 0 Å². The average Bonchev–Trinajstić information content (AvgIpc) is 2.50. The Balaban J connectivity index is 0.00000441. The molecule has 0 unspecified atom stereocenters. The molecule has 0 bridgehead atoms. The van der Waals surface area contributed by atoms with E-state index >= 15 is 0 Å². The summed E-state index contributed by atoms with van der Waals surface area (Å²) in [4.78, 5) is 4.46. The maximum Gasteiger partial charge on any atom is 0.191 e. The molecule has 0 amide bonds. The van der Waals surface area contributed by atoms with E-state index in [-0.39, 0.29) is 29.7 Å². The first kappa shape index (κ1) is 20.8. The maximum absolute atomic E-state index is 10.0. The summed E-state index contributed by atoms with van der Waals surface area (Å²) in [7, 11) is 3.22. The first-order valence-corrected chi connectivity index (χ1v) is 7.08. The second-order valence-electron chi connectivity index (χ2n) is 4.44. The molecule has 0 atom stereocenters. The van der Waals surface area contributed by atoms with Crippen LogP contribution in [0.25, 0.3) is 0 Å². The number of halogens is 1. The number of phenolic OH excluding ortho intramolecular Hbond substituents is 1. The molecule has 0 aliphatic heterocycles. The molecule has 0 spiro atoms. The number of hydrogen-bond acceptors (Lipinski definition) is 4. The molecule has 0 aromatic heterocycles. The Morgan fingerprint density at radius 2 is 2.05 bits per heavy atom. The van der Waals surface area contributed by atoms with Crippen molar-refractivity contribution >= 4 is 29.9 Å². The van der Waals surface area contributed by atoms with Crippen LogP contribution in [-0.4, -0.2) is 45.0 Å². The van der Waals surface area contributed by atoms with Gasteiger partial charge in [-0.2, -0.15) is 0 Å². The molecule has 6 nitrogen and oxygen atoms in total. The number of hydrogen-bond donors (Lipinski definition) is 3. The van der Waals surface area contributed by atoms with E-state index in [1.54, 1.807) is 13.2 Å². The predicted octanol–water partition coefficient (Wildman–Crippen LogP) is 2.11. The highest BCUT2D eigenvalue weighted by Crippen LogP contribution is 2.29. The van der Waals surface area contributed by atoms with Crippen molar-refractivity contribution in [1.29, 1.82) is 0 Å². The van der Waals surface area contributed by atoms with Gasteiger partial charge in [0.05, 0.1) is 13.7 Å². The minimum Gasteiger partial charge on any atom is -0.504 e. The highest BCUT2D eigenvalue weighted by molar-refractivity contribution is 14.0. The number of phenols is 1. The average molecular weight is 423 g/mol. The number of benzene rings is 1. The second-order valence-corrected chi connectivity index (χ2v) is 4.44. The SMILES string of the molecule is CCNC(=NCc1cccc(OC)c1O)NCCCOC.I. The molecule has 0 aliphatic rings. The van der Waals surface area contributed by atoms with Gasteiger partial charge in [-0.15, -0.1) is 24.0 Å². The van der Waals surface area contributed by atoms with E-state index in [1.807, 2.05) is 19.1 Å². The number of guanidine groups is 1. The molecule has 126 valence electrons. The molecule has 0 radical (unpaired) electrons. The molecule has 1 aromatic carbocycles. The summed E-state index contributed by atoms with van der Waals surface area (Å²) < 4.78 is 10.1. The Labute approximate surface area is 149 Å². The van der Waals surface area contributed by atoms with Crippen LogP contribution < -0.4 is 15.4 Å². The van der Waals surface area contributed by atoms with Gasteiger partial charge in [0, 0.05) is 32.4 Å². The van der Waals surface area contributed by atoms with Crippen LogP contribution in [0.2, 0.25) is 0 Å². The van der Waals surface area contributed by atoms with Crippen molar-refractivity contribution < 1.29 is 14.6 Å². The van der Waals surface area contributed by atoms with Crippen LogP contribution in [0, 0.1) is 0 Å². The highest BCUT2D eigenvalue weighted by Gasteiger charge is 2.06. The summed E-state index contributed by atoms with van der Waals surface area (Å²) in [6.07, 6.45) is 0.908. The lowest BCUT2D eigenvalue weighted by molar-refractivity contribution is 0.195. The van der Waals surface area contributed by atoms with Gasteiger partial charge in [-0.25, -0.2) is 4.99 Å². The molecular weight excluding hydrogens is 397 g/mol. The van der Waals surface area contributed by atoms with Crippen LogP contribution >= 0.6 is 24.0 Å². The van der Waals surface area contributed by atoms with Gasteiger partial charge in [0.1, 0.15) is 0 Å². The van der Waals surface area contributed by atoms with Gasteiger partial charge in [-0.3, -0.25) is 0 Å². The zero-order chi connectivity index (χ0) is 15.5. The Kier molecular flexibility index (Phi) is 11.7. The molecule has 1 aromatic rings. The molecule has 0 heterocycles. The predicted molar refractivity (Wildman–Crippen MR) is 99.4 cm³/mol. The van der Waals surface area contributed by atoms with Crippen LogP contribution in [0.4, 0.5) is 0 Å². The number of nitrogens with zero attached hydrogens (tertiary/aromatic N) is 1. The van der Waals surface area contributed by atoms with Crippen molar-refractivity contribution in [2.75, 3.05) is 33.9 Å². The summed E-state index contributed by atoms with van der Waals surface area (Å²) in [5.74, 6) is 1.32. The van der Waals surface area contributed by atoms with E-state index < -0.39 is 0 Å². The van der Waals surface area contributed by atoms with Gasteiger partial charge in [0.2, 0.25) is 0 Å². The lowest BCUT2D eigenvalue weighted by atomic mass is 10.2. The molecule has 0 fully saturated rings. The van der Waals surface area contributed by atoms with Crippen LogP contribution in [0.5, 0.6) is 11.5 Å². The third-order valence-corrected chi connectivity index (χ3v) is 2.87. The Morgan fingerprint density at radius 1 is 1.27 bits per heavy atom. The number of para-hydroxylation sites is 1. The fraction of sp³-hybridized carbons (Fsp3) is 0.533. The molecule has 3 N–H and O–H groups in total. The molecule has 0 saturated heterocycles. The minimum atomic E-state index is 0. The molecule has 0 aliphatic carbocycles. The molecule has 1 rings (SSSR count). The number of nitrogens with one attached hydrogen (secondary N) is 2. The first-order chi connectivity index (χ1) is 10.2. The number of ether oxygens (including phenoxy) is 2. The van der Waals surface area contributed by atoms with Gasteiger partial charge >= 0.3 is 0 Å². The standard InChI is InChI=1S/C15H25N3O3.HI/c1-4-16-15(17-9-6-10-20-2)18-11-12-7-5-8-13(21-3)14(12)19;/h5,7-8,19H,4,6,9-11H2,1-3H3,(H2,16,17,18);1H. The van der Waals surface area contributed by atoms with E-state index in [1.165, 1.54) is 7.11 Å². The fourth-order valence-corrected chi connectivity index (χ4v) is 1.79. The van der Waals surface area contributed by atoms with Gasteiger partial charge in [0.15, 0.2) is 17.5 Å². The molecule has 0 saturated carbocycles. The summed E-state index contributed by atoms with van der Waals surface area (Å²) in [5, 5.41) is 16.4. The largest absolute Gasteiger partial charge is 0.504 e. The molecule has 7 heteroatoms. The van der Waals surface area contributed by atoms with Crippen molar-refractivity contribution in [3.8, 4) is 11.5 Å². The number of aromatic hydroxyl groups is 1. The molecular formula is C15H26IN3O3. The van der Waals surface area contributed by atoms with Crippen molar-refractivity contribution in [3.63, 3.8) is 0 Å². The fourth-order valence-electron chi connectivity index (χ4n) is 1.79. The third kappa shape index (κ3) is 7.17. The maximum atomic E-state index is 10.0. The summed E-state index contributed by atoms with van der Waals surface area (Å²) in [6.45, 7) is 4.66. The zero-order valence-electron chi connectivity index (χ0n) is 13.4. The van der Waals surface area contributed by atoms with Gasteiger partial charge in [-0.1, -0.05) is 12.1 Å². The van der Waals surface area contributed by atoms with E-state index in [0.717, 1.165) is 31.0 Å². The smallest absolute Gasteiger partial charge is 0.191 e. The topological polar surface area (TPSA) is 75.1 Å². The monoisotopic (exact) mass is 423 g/mol. The normalized spacial score (nSPS) is 10.8. The van der Waals surface area contributed by atoms with Crippen molar-refractivity contribution in [1.82, 2.24) is 10.6 Å². The number of rotatable bonds is 8. The van der Waals surface area contributed by atoms with Crippen LogP contribution in [0.1, 0.15) is 18.9 Å². The first-order valence-electron chi connectivity index (χ1n) is 7.08. The Bertz CT molecular complexity index is 456. The Hall–Kier alpha value is -1.22. The van der Waals surface area contributed by atoms with Gasteiger partial charge in [-0.05, 0) is 19.4 Å². The summed E-state index contributed by atoms with van der Waals surface area (Å²) in [5.41, 5.74) is 0.725. The van der Waals surface area contributed by atoms with Gasteiger partial charge < -0.3 is 25.2 Å². The highest BCUT2D eigenvalue weighted by atomic mass is 127. The van der Waals surface area contributed by atoms with Crippen LogP contribution in [-0.2, 0) is 11.3 Å².